The summed E-state index contributed by atoms with van der Waals surface area (Å²) in [5, 5.41) is 36.6. The fourth-order valence-corrected chi connectivity index (χ4v) is 0. The molecule has 0 aromatic heterocycles. The summed E-state index contributed by atoms with van der Waals surface area (Å²) in [4.78, 5) is 28.5. The van der Waals surface area contributed by atoms with Gasteiger partial charge in [-0.15, -0.1) is 0 Å². The molecular formula is C15H23O8Ti. The zero-order valence-electron chi connectivity index (χ0n) is 14.5. The summed E-state index contributed by atoms with van der Waals surface area (Å²) < 4.78 is 4.31. The number of hydrogen-bond donors (Lipinski definition) is 1. The van der Waals surface area contributed by atoms with E-state index < -0.39 is 24.2 Å². The third kappa shape index (κ3) is 50.0. The third-order valence-electron chi connectivity index (χ3n) is 1.39. The van der Waals surface area contributed by atoms with Crippen LogP contribution in [0.3, 0.4) is 0 Å². The van der Waals surface area contributed by atoms with E-state index in [0.717, 1.165) is 0 Å². The van der Waals surface area contributed by atoms with Gasteiger partial charge in [0, 0.05) is 7.11 Å². The van der Waals surface area contributed by atoms with Crippen LogP contribution in [-0.4, -0.2) is 36.4 Å². The molecule has 9 heteroatoms. The molecule has 135 valence electrons. The second kappa shape index (κ2) is 21.3. The minimum absolute atomic E-state index is 0. The van der Waals surface area contributed by atoms with Crippen LogP contribution in [0.2, 0.25) is 0 Å². The average Bonchev–Trinajstić information content (AvgIpc) is 2.40. The number of carbonyl (C=O) groups is 3. The molecule has 0 aliphatic heterocycles. The van der Waals surface area contributed by atoms with Gasteiger partial charge in [-0.2, -0.15) is 0 Å². The summed E-state index contributed by atoms with van der Waals surface area (Å²) in [6.07, 6.45) is -0.616. The zero-order chi connectivity index (χ0) is 19.7. The molecule has 0 aromatic rings. The number of aliphatic hydroxyl groups is 1. The van der Waals surface area contributed by atoms with Crippen molar-refractivity contribution < 1.29 is 61.3 Å². The summed E-state index contributed by atoms with van der Waals surface area (Å²) in [7, 11) is 1.45. The van der Waals surface area contributed by atoms with Gasteiger partial charge in [0.15, 0.2) is 6.29 Å². The van der Waals surface area contributed by atoms with Gasteiger partial charge in [-0.05, 0) is 44.4 Å². The predicted octanol–water partition coefficient (Wildman–Crippen LogP) is -2.09. The Balaban J connectivity index is -0.0000000661. The topological polar surface area (TPSA) is 150 Å². The van der Waals surface area contributed by atoms with E-state index in [1.54, 1.807) is 6.92 Å². The van der Waals surface area contributed by atoms with Crippen molar-refractivity contribution in [1.29, 1.82) is 0 Å². The second-order valence-electron chi connectivity index (χ2n) is 4.04. The minimum Gasteiger partial charge on any atom is -0.545 e. The van der Waals surface area contributed by atoms with Crippen molar-refractivity contribution in [1.82, 2.24) is 0 Å². The normalized spacial score (nSPS) is 8.75. The maximum atomic E-state index is 9.49. The molecular weight excluding hydrogens is 356 g/mol. The Labute approximate surface area is 157 Å². The number of carboxylic acid groups (broad SMARTS) is 3. The quantitative estimate of drug-likeness (QED) is 0.332. The van der Waals surface area contributed by atoms with Gasteiger partial charge < -0.3 is 39.5 Å². The summed E-state index contributed by atoms with van der Waals surface area (Å²) in [6, 6.07) is 0. The van der Waals surface area contributed by atoms with Gasteiger partial charge in [0.25, 0.3) is 0 Å². The molecule has 0 saturated heterocycles. The molecule has 0 bridgehead atoms. The molecule has 24 heavy (non-hydrogen) atoms. The van der Waals surface area contributed by atoms with E-state index in [0.29, 0.717) is 0 Å². The van der Waals surface area contributed by atoms with Gasteiger partial charge in [0.05, 0.1) is 17.9 Å². The number of methoxy groups -OCH3 is 1. The van der Waals surface area contributed by atoms with E-state index in [9.17, 15) is 29.7 Å². The Hall–Kier alpha value is -1.74. The standard InChI is InChI=1S/3C4H6O2.C3H8O2.Ti/c3*1-3(2)4(5)6;1-3(4)5-2;/h3*1H2,2H3,(H,5,6);3-4H,1-2H3;/q;;;;+3/p-3. The smallest absolute Gasteiger partial charge is 0.545 e. The summed E-state index contributed by atoms with van der Waals surface area (Å²) >= 11 is 0. The fourth-order valence-electron chi connectivity index (χ4n) is 0. The number of carbonyl (C=O) groups excluding carboxylic acids is 3. The van der Waals surface area contributed by atoms with E-state index in [2.05, 4.69) is 24.5 Å². The molecule has 0 fully saturated rings. The van der Waals surface area contributed by atoms with E-state index in [1.165, 1.54) is 27.9 Å². The molecule has 1 radical (unpaired) electrons. The van der Waals surface area contributed by atoms with Crippen LogP contribution in [0.4, 0.5) is 0 Å². The first-order chi connectivity index (χ1) is 10.2. The summed E-state index contributed by atoms with van der Waals surface area (Å²) in [5.74, 6) is -3.56. The van der Waals surface area contributed by atoms with Gasteiger partial charge in [-0.25, -0.2) is 0 Å². The van der Waals surface area contributed by atoms with E-state index in [-0.39, 0.29) is 38.4 Å². The van der Waals surface area contributed by atoms with Crippen LogP contribution in [0.25, 0.3) is 0 Å². The molecule has 1 unspecified atom stereocenters. The van der Waals surface area contributed by atoms with Crippen LogP contribution in [0.1, 0.15) is 27.7 Å². The SMILES string of the molecule is C=C(C)C(=O)[O-].C=C(C)C(=O)[O-].C=C(C)C(=O)[O-].COC(C)O.[Ti+3]. The van der Waals surface area contributed by atoms with Gasteiger partial charge in [-0.3, -0.25) is 0 Å². The number of ether oxygens (including phenoxy) is 1. The van der Waals surface area contributed by atoms with Crippen LogP contribution in [-0.2, 0) is 40.8 Å². The molecule has 0 heterocycles. The van der Waals surface area contributed by atoms with Crippen molar-refractivity contribution in [3.05, 3.63) is 36.5 Å². The third-order valence-corrected chi connectivity index (χ3v) is 1.39. The molecule has 0 saturated carbocycles. The maximum absolute atomic E-state index is 9.49. The molecule has 0 spiro atoms. The summed E-state index contributed by atoms with van der Waals surface area (Å²) in [5.41, 5.74) is 0.194. The number of hydrogen-bond acceptors (Lipinski definition) is 8. The van der Waals surface area contributed by atoms with Gasteiger partial charge in [-0.1, -0.05) is 19.7 Å². The van der Waals surface area contributed by atoms with E-state index in [4.69, 9.17) is 5.11 Å². The van der Waals surface area contributed by atoms with Crippen LogP contribution in [0.15, 0.2) is 36.5 Å². The number of carboxylic acids is 3. The molecule has 0 aliphatic rings. The molecule has 1 N–H and O–H groups in total. The second-order valence-corrected chi connectivity index (χ2v) is 4.04. The summed E-state index contributed by atoms with van der Waals surface area (Å²) in [6.45, 7) is 15.0. The van der Waals surface area contributed by atoms with Gasteiger partial charge >= 0.3 is 21.7 Å². The average molecular weight is 379 g/mol. The van der Waals surface area contributed by atoms with Crippen LogP contribution < -0.4 is 15.3 Å². The van der Waals surface area contributed by atoms with Crippen LogP contribution in [0, 0.1) is 0 Å². The van der Waals surface area contributed by atoms with Gasteiger partial charge in [0.1, 0.15) is 0 Å². The van der Waals surface area contributed by atoms with E-state index in [1.807, 2.05) is 0 Å². The van der Waals surface area contributed by atoms with Crippen molar-refractivity contribution in [2.45, 2.75) is 34.0 Å². The van der Waals surface area contributed by atoms with Crippen LogP contribution in [0.5, 0.6) is 0 Å². The van der Waals surface area contributed by atoms with Crippen molar-refractivity contribution in [3.63, 3.8) is 0 Å². The van der Waals surface area contributed by atoms with Crippen molar-refractivity contribution in [2.24, 2.45) is 0 Å². The molecule has 0 aromatic carbocycles. The van der Waals surface area contributed by atoms with Crippen LogP contribution >= 0.6 is 0 Å². The molecule has 1 atom stereocenters. The molecule has 0 rings (SSSR count). The number of aliphatic carboxylic acids is 3. The monoisotopic (exact) mass is 379 g/mol. The Bertz CT molecular complexity index is 334. The number of aliphatic hydroxyl groups excluding tert-OH is 1. The number of rotatable bonds is 4. The van der Waals surface area contributed by atoms with E-state index >= 15 is 0 Å². The molecule has 0 aliphatic carbocycles. The Kier molecular flexibility index (Phi) is 29.9. The molecule has 8 nitrogen and oxygen atoms in total. The van der Waals surface area contributed by atoms with Crippen molar-refractivity contribution in [2.75, 3.05) is 7.11 Å². The largest absolute Gasteiger partial charge is 3.00 e. The predicted molar refractivity (Wildman–Crippen MR) is 78.2 cm³/mol. The Morgan fingerprint density at radius 3 is 0.917 bits per heavy atom. The fraction of sp³-hybridized carbons (Fsp3) is 0.400. The first kappa shape index (κ1) is 33.8. The Morgan fingerprint density at radius 1 is 0.833 bits per heavy atom. The zero-order valence-corrected chi connectivity index (χ0v) is 16.1. The molecule has 0 amide bonds. The Morgan fingerprint density at radius 2 is 0.917 bits per heavy atom. The van der Waals surface area contributed by atoms with Gasteiger partial charge in [0.2, 0.25) is 0 Å². The van der Waals surface area contributed by atoms with Crippen molar-refractivity contribution >= 4 is 17.9 Å². The first-order valence-corrected chi connectivity index (χ1v) is 6.01. The van der Waals surface area contributed by atoms with Crippen molar-refractivity contribution in [3.8, 4) is 0 Å². The minimum atomic E-state index is -1.19. The first-order valence-electron chi connectivity index (χ1n) is 6.01. The maximum Gasteiger partial charge on any atom is 3.00 e.